The van der Waals surface area contributed by atoms with E-state index in [-0.39, 0.29) is 35.3 Å². The number of hydrogen-bond donors (Lipinski definition) is 0. The van der Waals surface area contributed by atoms with Crippen molar-refractivity contribution in [3.63, 3.8) is 0 Å². The van der Waals surface area contributed by atoms with E-state index in [1.807, 2.05) is 13.8 Å². The van der Waals surface area contributed by atoms with Gasteiger partial charge in [-0.15, -0.1) is 0 Å². The SMILES string of the molecule is CC(=O)[C@H]1C[C@@H](CC(=O)ON=Cc2ccc(F)cc2)C1(C)C. The second-order valence-electron chi connectivity index (χ2n) is 6.37. The van der Waals surface area contributed by atoms with Gasteiger partial charge in [-0.05, 0) is 42.4 Å². The van der Waals surface area contributed by atoms with Crippen molar-refractivity contribution in [1.29, 1.82) is 0 Å². The van der Waals surface area contributed by atoms with E-state index in [0.717, 1.165) is 6.42 Å². The predicted molar refractivity (Wildman–Crippen MR) is 80.8 cm³/mol. The van der Waals surface area contributed by atoms with Crippen LogP contribution in [0.2, 0.25) is 0 Å². The van der Waals surface area contributed by atoms with Crippen molar-refractivity contribution >= 4 is 18.0 Å². The van der Waals surface area contributed by atoms with Crippen molar-refractivity contribution in [2.24, 2.45) is 22.4 Å². The van der Waals surface area contributed by atoms with Crippen molar-refractivity contribution in [2.45, 2.75) is 33.6 Å². The van der Waals surface area contributed by atoms with Gasteiger partial charge in [0.25, 0.3) is 0 Å². The van der Waals surface area contributed by atoms with Crippen LogP contribution in [0.15, 0.2) is 29.4 Å². The fraction of sp³-hybridized carbons (Fsp3) is 0.471. The molecule has 0 spiro atoms. The third-order valence-electron chi connectivity index (χ3n) is 4.60. The molecule has 22 heavy (non-hydrogen) atoms. The summed E-state index contributed by atoms with van der Waals surface area (Å²) in [7, 11) is 0. The largest absolute Gasteiger partial charge is 0.335 e. The Kier molecular flexibility index (Phi) is 4.74. The number of benzene rings is 1. The number of oxime groups is 1. The molecule has 4 nitrogen and oxygen atoms in total. The van der Waals surface area contributed by atoms with Gasteiger partial charge in [0.15, 0.2) is 0 Å². The van der Waals surface area contributed by atoms with Gasteiger partial charge in [0.05, 0.1) is 12.6 Å². The Labute approximate surface area is 129 Å². The van der Waals surface area contributed by atoms with Crippen molar-refractivity contribution in [3.8, 4) is 0 Å². The minimum Gasteiger partial charge on any atom is -0.318 e. The van der Waals surface area contributed by atoms with Gasteiger partial charge in [0.1, 0.15) is 11.6 Å². The Morgan fingerprint density at radius 3 is 2.55 bits per heavy atom. The van der Waals surface area contributed by atoms with Gasteiger partial charge < -0.3 is 4.84 Å². The van der Waals surface area contributed by atoms with Gasteiger partial charge >= 0.3 is 5.97 Å². The lowest BCUT2D eigenvalue weighted by molar-refractivity contribution is -0.153. The number of nitrogens with zero attached hydrogens (tertiary/aromatic N) is 1. The summed E-state index contributed by atoms with van der Waals surface area (Å²) in [6.07, 6.45) is 2.33. The second kappa shape index (κ2) is 6.38. The number of hydrogen-bond acceptors (Lipinski definition) is 4. The van der Waals surface area contributed by atoms with Crippen LogP contribution in [0.25, 0.3) is 0 Å². The van der Waals surface area contributed by atoms with Crippen LogP contribution in [0.5, 0.6) is 0 Å². The molecule has 1 aliphatic carbocycles. The van der Waals surface area contributed by atoms with Crippen molar-refractivity contribution in [1.82, 2.24) is 0 Å². The van der Waals surface area contributed by atoms with Crippen LogP contribution in [0.4, 0.5) is 4.39 Å². The Bertz CT molecular complexity index is 592. The molecule has 1 aliphatic rings. The molecule has 1 aromatic rings. The molecule has 1 saturated carbocycles. The van der Waals surface area contributed by atoms with Gasteiger partial charge in [-0.3, -0.25) is 4.79 Å². The highest BCUT2D eigenvalue weighted by Gasteiger charge is 2.50. The number of ketones is 1. The first-order valence-corrected chi connectivity index (χ1v) is 7.30. The van der Waals surface area contributed by atoms with Gasteiger partial charge in [-0.2, -0.15) is 0 Å². The Balaban J connectivity index is 1.82. The van der Waals surface area contributed by atoms with Crippen molar-refractivity contribution in [2.75, 3.05) is 0 Å². The van der Waals surface area contributed by atoms with E-state index in [2.05, 4.69) is 5.16 Å². The summed E-state index contributed by atoms with van der Waals surface area (Å²) in [6, 6.07) is 5.70. The first-order chi connectivity index (χ1) is 10.3. The molecule has 2 atom stereocenters. The fourth-order valence-corrected chi connectivity index (χ4v) is 2.99. The van der Waals surface area contributed by atoms with E-state index in [4.69, 9.17) is 4.84 Å². The summed E-state index contributed by atoms with van der Waals surface area (Å²) >= 11 is 0. The highest BCUT2D eigenvalue weighted by Crippen LogP contribution is 2.53. The first-order valence-electron chi connectivity index (χ1n) is 7.30. The average molecular weight is 305 g/mol. The number of carbonyl (C=O) groups excluding carboxylic acids is 2. The average Bonchev–Trinajstić information content (AvgIpc) is 2.44. The Morgan fingerprint density at radius 2 is 2.00 bits per heavy atom. The number of halogens is 1. The molecule has 2 rings (SSSR count). The molecular weight excluding hydrogens is 285 g/mol. The monoisotopic (exact) mass is 305 g/mol. The molecule has 0 N–H and O–H groups in total. The maximum absolute atomic E-state index is 12.7. The van der Waals surface area contributed by atoms with Crippen LogP contribution in [-0.2, 0) is 14.4 Å². The Hall–Kier alpha value is -2.04. The molecule has 1 aromatic carbocycles. The molecule has 0 saturated heterocycles. The van der Waals surface area contributed by atoms with E-state index in [1.54, 1.807) is 19.1 Å². The topological polar surface area (TPSA) is 55.7 Å². The van der Waals surface area contributed by atoms with E-state index < -0.39 is 5.97 Å². The third-order valence-corrected chi connectivity index (χ3v) is 4.60. The molecule has 0 bridgehead atoms. The van der Waals surface area contributed by atoms with Crippen molar-refractivity contribution in [3.05, 3.63) is 35.6 Å². The molecule has 0 unspecified atom stereocenters. The summed E-state index contributed by atoms with van der Waals surface area (Å²) in [4.78, 5) is 28.1. The quantitative estimate of drug-likeness (QED) is 0.476. The predicted octanol–water partition coefficient (Wildman–Crippen LogP) is 3.34. The highest BCUT2D eigenvalue weighted by atomic mass is 19.1. The second-order valence-corrected chi connectivity index (χ2v) is 6.37. The van der Waals surface area contributed by atoms with E-state index in [0.29, 0.717) is 5.56 Å². The molecule has 0 radical (unpaired) electrons. The molecule has 118 valence electrons. The van der Waals surface area contributed by atoms with Gasteiger partial charge in [0, 0.05) is 5.92 Å². The molecule has 1 fully saturated rings. The number of Topliss-reactive ketones (excluding diaryl/α,β-unsaturated/α-hetero) is 1. The molecule has 0 aliphatic heterocycles. The van der Waals surface area contributed by atoms with E-state index in [1.165, 1.54) is 18.3 Å². The van der Waals surface area contributed by atoms with Gasteiger partial charge in [0.2, 0.25) is 0 Å². The van der Waals surface area contributed by atoms with Gasteiger partial charge in [-0.25, -0.2) is 9.18 Å². The van der Waals surface area contributed by atoms with Gasteiger partial charge in [-0.1, -0.05) is 31.1 Å². The summed E-state index contributed by atoms with van der Waals surface area (Å²) in [5, 5.41) is 3.62. The lowest BCUT2D eigenvalue weighted by Crippen LogP contribution is -2.48. The molecule has 0 amide bonds. The van der Waals surface area contributed by atoms with E-state index >= 15 is 0 Å². The standard InChI is InChI=1S/C17H20FNO3/c1-11(20)15-8-13(17(15,2)3)9-16(21)22-19-10-12-4-6-14(18)7-5-12/h4-7,10,13,15H,8-9H2,1-3H3/t13-,15+/m0/s1. The lowest BCUT2D eigenvalue weighted by Gasteiger charge is -2.50. The summed E-state index contributed by atoms with van der Waals surface area (Å²) in [6.45, 7) is 5.60. The summed E-state index contributed by atoms with van der Waals surface area (Å²) < 4.78 is 12.7. The molecule has 0 heterocycles. The fourth-order valence-electron chi connectivity index (χ4n) is 2.99. The third kappa shape index (κ3) is 3.59. The molecule has 0 aromatic heterocycles. The zero-order valence-corrected chi connectivity index (χ0v) is 13.0. The zero-order valence-electron chi connectivity index (χ0n) is 13.0. The number of carbonyl (C=O) groups is 2. The molecule has 5 heteroatoms. The summed E-state index contributed by atoms with van der Waals surface area (Å²) in [5.74, 6) is -0.424. The van der Waals surface area contributed by atoms with Crippen LogP contribution < -0.4 is 0 Å². The summed E-state index contributed by atoms with van der Waals surface area (Å²) in [5.41, 5.74) is 0.473. The minimum atomic E-state index is -0.418. The highest BCUT2D eigenvalue weighted by molar-refractivity contribution is 5.81. The molecular formula is C17H20FNO3. The van der Waals surface area contributed by atoms with E-state index in [9.17, 15) is 14.0 Å². The maximum Gasteiger partial charge on any atom is 0.335 e. The van der Waals surface area contributed by atoms with Crippen LogP contribution >= 0.6 is 0 Å². The maximum atomic E-state index is 12.7. The minimum absolute atomic E-state index is 0.0213. The smallest absolute Gasteiger partial charge is 0.318 e. The van der Waals surface area contributed by atoms with Crippen LogP contribution in [0.1, 0.15) is 39.2 Å². The van der Waals surface area contributed by atoms with Crippen LogP contribution in [0, 0.1) is 23.1 Å². The lowest BCUT2D eigenvalue weighted by atomic mass is 9.53. The van der Waals surface area contributed by atoms with Crippen molar-refractivity contribution < 1.29 is 18.8 Å². The zero-order chi connectivity index (χ0) is 16.3. The Morgan fingerprint density at radius 1 is 1.36 bits per heavy atom. The van der Waals surface area contributed by atoms with Crippen LogP contribution in [0.3, 0.4) is 0 Å². The van der Waals surface area contributed by atoms with Crippen LogP contribution in [-0.4, -0.2) is 18.0 Å². The first kappa shape index (κ1) is 16.3. The normalized spacial score (nSPS) is 23.1. The number of rotatable bonds is 5.